The Kier molecular flexibility index (Phi) is 9.90. The second kappa shape index (κ2) is 13.5. The van der Waals surface area contributed by atoms with Gasteiger partial charge in [0.1, 0.15) is 16.8 Å². The van der Waals surface area contributed by atoms with Gasteiger partial charge in [0.05, 0.1) is 45.7 Å². The zero-order chi connectivity index (χ0) is 27.8. The second-order valence-corrected chi connectivity index (χ2v) is 9.91. The molecule has 4 rings (SSSR count). The zero-order valence-electron chi connectivity index (χ0n) is 22.9. The van der Waals surface area contributed by atoms with Crippen LogP contribution in [0.25, 0.3) is 11.0 Å². The van der Waals surface area contributed by atoms with E-state index in [4.69, 9.17) is 26.7 Å². The third-order valence-corrected chi connectivity index (χ3v) is 7.01. The van der Waals surface area contributed by atoms with Gasteiger partial charge in [0.15, 0.2) is 5.82 Å². The molecular formula is C27H41N9O3. The van der Waals surface area contributed by atoms with Gasteiger partial charge in [-0.3, -0.25) is 9.48 Å². The molecule has 1 unspecified atom stereocenters. The van der Waals surface area contributed by atoms with Crippen molar-refractivity contribution in [1.29, 1.82) is 0 Å². The average molecular weight is 540 g/mol. The molecule has 12 nitrogen and oxygen atoms in total. The molecule has 3 aromatic rings. The van der Waals surface area contributed by atoms with Gasteiger partial charge in [0, 0.05) is 24.7 Å². The van der Waals surface area contributed by atoms with Crippen LogP contribution in [-0.2, 0) is 22.6 Å². The highest BCUT2D eigenvalue weighted by molar-refractivity contribution is 5.86. The number of carbonyl (C=O) groups is 1. The van der Waals surface area contributed by atoms with Crippen LogP contribution in [0.2, 0.25) is 0 Å². The van der Waals surface area contributed by atoms with E-state index in [-0.39, 0.29) is 24.1 Å². The van der Waals surface area contributed by atoms with Crippen molar-refractivity contribution in [3.8, 4) is 5.75 Å². The molecule has 0 bridgehead atoms. The summed E-state index contributed by atoms with van der Waals surface area (Å²) >= 11 is 0. The Morgan fingerprint density at radius 1 is 1.28 bits per heavy atom. The maximum atomic E-state index is 13.0. The maximum Gasteiger partial charge on any atom is 0.225 e. The van der Waals surface area contributed by atoms with Gasteiger partial charge in [-0.15, -0.1) is 0 Å². The number of amides is 1. The topological polar surface area (TPSA) is 172 Å². The largest absolute Gasteiger partial charge is 0.496 e. The molecule has 2 heterocycles. The summed E-state index contributed by atoms with van der Waals surface area (Å²) in [7, 11) is 1.65. The first kappa shape index (κ1) is 28.5. The number of nitrogens with zero attached hydrogens (tertiary/aromatic N) is 5. The van der Waals surface area contributed by atoms with Crippen LogP contribution in [0.15, 0.2) is 24.4 Å². The van der Waals surface area contributed by atoms with Crippen molar-refractivity contribution in [3.05, 3.63) is 35.5 Å². The molecule has 1 atom stereocenters. The molecule has 1 saturated carbocycles. The highest BCUT2D eigenvalue weighted by Gasteiger charge is 2.29. The summed E-state index contributed by atoms with van der Waals surface area (Å²) in [4.78, 5) is 23.7. The summed E-state index contributed by atoms with van der Waals surface area (Å²) in [5, 5.41) is 7.80. The molecule has 1 aromatic carbocycles. The third kappa shape index (κ3) is 7.14. The van der Waals surface area contributed by atoms with Crippen molar-refractivity contribution in [3.63, 3.8) is 0 Å². The van der Waals surface area contributed by atoms with E-state index in [1.807, 2.05) is 27.8 Å². The van der Waals surface area contributed by atoms with Crippen molar-refractivity contribution in [2.24, 2.45) is 11.5 Å². The number of nitrogen functional groups attached to an aromatic ring is 1. The van der Waals surface area contributed by atoms with E-state index in [0.29, 0.717) is 50.6 Å². The predicted molar refractivity (Wildman–Crippen MR) is 151 cm³/mol. The van der Waals surface area contributed by atoms with Crippen LogP contribution in [0.1, 0.15) is 56.6 Å². The van der Waals surface area contributed by atoms with Crippen molar-refractivity contribution < 1.29 is 14.3 Å². The molecule has 0 saturated heterocycles. The van der Waals surface area contributed by atoms with E-state index in [0.717, 1.165) is 54.5 Å². The lowest BCUT2D eigenvalue weighted by Crippen LogP contribution is -2.44. The quantitative estimate of drug-likeness (QED) is 0.166. The summed E-state index contributed by atoms with van der Waals surface area (Å²) in [6.45, 7) is 4.33. The fourth-order valence-electron chi connectivity index (χ4n) is 4.78. The van der Waals surface area contributed by atoms with Crippen molar-refractivity contribution >= 4 is 28.7 Å². The molecule has 1 aliphatic rings. The number of ether oxygens (including phenoxy) is 2. The number of nitrogens with two attached hydrogens (primary N) is 3. The lowest BCUT2D eigenvalue weighted by Gasteiger charge is -2.38. The highest BCUT2D eigenvalue weighted by Crippen LogP contribution is 2.30. The van der Waals surface area contributed by atoms with Crippen LogP contribution in [0.3, 0.4) is 0 Å². The summed E-state index contributed by atoms with van der Waals surface area (Å²) in [6.07, 6.45) is 6.69. The molecular weight excluding hydrogens is 498 g/mol. The van der Waals surface area contributed by atoms with E-state index in [1.54, 1.807) is 13.3 Å². The number of nitrogens with one attached hydrogen (secondary N) is 1. The average Bonchev–Trinajstić information content (AvgIpc) is 3.28. The van der Waals surface area contributed by atoms with Crippen molar-refractivity contribution in [1.82, 2.24) is 24.6 Å². The lowest BCUT2D eigenvalue weighted by molar-refractivity contribution is -0.137. The molecule has 1 aliphatic carbocycles. The Bertz CT molecular complexity index is 1240. The minimum atomic E-state index is -0.266. The lowest BCUT2D eigenvalue weighted by atomic mass is 9.90. The molecule has 2 aromatic heterocycles. The Morgan fingerprint density at radius 3 is 2.79 bits per heavy atom. The van der Waals surface area contributed by atoms with Crippen LogP contribution in [-0.4, -0.2) is 69.6 Å². The number of carbonyl (C=O) groups excluding carboxylic acids is 1. The number of hydrogen-bond acceptors (Lipinski definition) is 10. The molecule has 12 heteroatoms. The first-order valence-corrected chi connectivity index (χ1v) is 13.7. The molecule has 0 radical (unpaired) electrons. The number of benzene rings is 1. The van der Waals surface area contributed by atoms with Crippen LogP contribution < -0.4 is 27.3 Å². The zero-order valence-corrected chi connectivity index (χ0v) is 22.9. The monoisotopic (exact) mass is 539 g/mol. The Hall–Kier alpha value is -3.48. The van der Waals surface area contributed by atoms with Crippen molar-refractivity contribution in [2.75, 3.05) is 37.9 Å². The van der Waals surface area contributed by atoms with Crippen LogP contribution in [0.4, 0.5) is 11.8 Å². The number of hydrogen-bond donors (Lipinski definition) is 4. The minimum Gasteiger partial charge on any atom is -0.496 e. The first-order valence-electron chi connectivity index (χ1n) is 13.7. The van der Waals surface area contributed by atoms with Gasteiger partial charge in [0.25, 0.3) is 0 Å². The predicted octanol–water partition coefficient (Wildman–Crippen LogP) is 2.21. The number of methoxy groups -OCH3 is 1. The standard InChI is InChI=1S/C27H41N9O3/c1-3-5-23(29)33-26-25-21(32-27(30)34-26)15-31-36(25)17-19-9-8-18(14-22(19)38-2)16-35(20-6-4-7-20)24(37)10-12-39-13-11-28/h8-9,14-15,20,23H,3-7,10-13,16-17,28-29H2,1-2H3,(H3,30,32,33,34). The maximum absolute atomic E-state index is 13.0. The van der Waals surface area contributed by atoms with Gasteiger partial charge in [-0.2, -0.15) is 10.1 Å². The number of aromatic nitrogens is 4. The third-order valence-electron chi connectivity index (χ3n) is 7.01. The SMILES string of the molecule is CCCC(N)Nc1nc(N)nc2cnn(Cc3ccc(CN(C(=O)CCOCCN)C4CCC4)cc3OC)c12. The molecule has 7 N–H and O–H groups in total. The molecule has 0 aliphatic heterocycles. The molecule has 0 spiro atoms. The van der Waals surface area contributed by atoms with Gasteiger partial charge >= 0.3 is 0 Å². The molecule has 39 heavy (non-hydrogen) atoms. The Labute approximate surface area is 229 Å². The smallest absolute Gasteiger partial charge is 0.225 e. The Morgan fingerprint density at radius 2 is 2.10 bits per heavy atom. The van der Waals surface area contributed by atoms with E-state index < -0.39 is 0 Å². The Balaban J connectivity index is 1.53. The molecule has 1 fully saturated rings. The fourth-order valence-corrected chi connectivity index (χ4v) is 4.78. The normalized spacial score (nSPS) is 14.3. The summed E-state index contributed by atoms with van der Waals surface area (Å²) in [6, 6.07) is 6.32. The van der Waals surface area contributed by atoms with E-state index in [2.05, 4.69) is 27.3 Å². The number of anilines is 2. The van der Waals surface area contributed by atoms with Crippen LogP contribution in [0, 0.1) is 0 Å². The number of fused-ring (bicyclic) bond motifs is 1. The fraction of sp³-hybridized carbons (Fsp3) is 0.556. The molecule has 212 valence electrons. The second-order valence-electron chi connectivity index (χ2n) is 9.91. The van der Waals surface area contributed by atoms with Crippen LogP contribution in [0.5, 0.6) is 5.75 Å². The van der Waals surface area contributed by atoms with Crippen molar-refractivity contribution in [2.45, 2.75) is 70.7 Å². The van der Waals surface area contributed by atoms with Gasteiger partial charge in [-0.1, -0.05) is 25.5 Å². The van der Waals surface area contributed by atoms with Gasteiger partial charge in [-0.25, -0.2) is 4.98 Å². The summed E-state index contributed by atoms with van der Waals surface area (Å²) in [5.41, 5.74) is 20.9. The summed E-state index contributed by atoms with van der Waals surface area (Å²) < 4.78 is 13.0. The van der Waals surface area contributed by atoms with Crippen LogP contribution >= 0.6 is 0 Å². The minimum absolute atomic E-state index is 0.100. The number of rotatable bonds is 15. The first-order chi connectivity index (χ1) is 18.9. The van der Waals surface area contributed by atoms with Gasteiger partial charge in [-0.05, 0) is 37.3 Å². The van der Waals surface area contributed by atoms with E-state index >= 15 is 0 Å². The van der Waals surface area contributed by atoms with Gasteiger partial charge < -0.3 is 36.9 Å². The van der Waals surface area contributed by atoms with E-state index in [1.165, 1.54) is 0 Å². The highest BCUT2D eigenvalue weighted by atomic mass is 16.5. The van der Waals surface area contributed by atoms with Gasteiger partial charge in [0.2, 0.25) is 11.9 Å². The van der Waals surface area contributed by atoms with E-state index in [9.17, 15) is 4.79 Å². The molecule has 1 amide bonds. The summed E-state index contributed by atoms with van der Waals surface area (Å²) in [5.74, 6) is 1.53.